The second-order valence-electron chi connectivity index (χ2n) is 13.0. The number of ether oxygens (including phenoxy) is 3. The molecule has 7 heterocycles. The van der Waals surface area contributed by atoms with Crippen molar-refractivity contribution in [1.82, 2.24) is 29.1 Å². The average molecular weight is 798 g/mol. The number of phosphoric acid groups is 1. The number of pyridine rings is 2. The van der Waals surface area contributed by atoms with Crippen LogP contribution < -0.4 is 10.9 Å². The number of imidazole rings is 1. The quantitative estimate of drug-likeness (QED) is 0.120. The number of alkyl halides is 1. The van der Waals surface area contributed by atoms with E-state index in [9.17, 15) is 28.6 Å². The number of para-hydroxylation sites is 1. The van der Waals surface area contributed by atoms with Crippen LogP contribution in [-0.4, -0.2) is 76.8 Å². The zero-order chi connectivity index (χ0) is 39.0. The number of phosphoric ester groups is 1. The van der Waals surface area contributed by atoms with E-state index in [4.69, 9.17) is 39.8 Å². The van der Waals surface area contributed by atoms with Crippen molar-refractivity contribution < 1.29 is 51.5 Å². The molecular formula is C34H30ClFN7O11P. The molecule has 21 heteroatoms. The van der Waals surface area contributed by atoms with Gasteiger partial charge in [-0.05, 0) is 36.2 Å². The zero-order valence-electron chi connectivity index (χ0n) is 29.1. The summed E-state index contributed by atoms with van der Waals surface area (Å²) in [6.07, 6.45) is -6.04. The number of hydrogen-bond donors (Lipinski definition) is 2. The van der Waals surface area contributed by atoms with Crippen molar-refractivity contribution in [1.29, 1.82) is 0 Å². The van der Waals surface area contributed by atoms with Crippen LogP contribution in [0.5, 0.6) is 0 Å². The van der Waals surface area contributed by atoms with Crippen LogP contribution >= 0.6 is 19.4 Å². The molecule has 18 nitrogen and oxygen atoms in total. The highest BCUT2D eigenvalue weighted by Crippen LogP contribution is 2.54. The summed E-state index contributed by atoms with van der Waals surface area (Å²) < 4.78 is 59.9. The van der Waals surface area contributed by atoms with Crippen LogP contribution in [0.4, 0.5) is 10.2 Å². The van der Waals surface area contributed by atoms with Gasteiger partial charge in [0.1, 0.15) is 12.7 Å². The van der Waals surface area contributed by atoms with Gasteiger partial charge >= 0.3 is 19.8 Å². The van der Waals surface area contributed by atoms with E-state index in [1.54, 1.807) is 0 Å². The van der Waals surface area contributed by atoms with E-state index in [2.05, 4.69) is 20.3 Å². The van der Waals surface area contributed by atoms with Crippen molar-refractivity contribution in [2.75, 3.05) is 11.9 Å². The van der Waals surface area contributed by atoms with Gasteiger partial charge in [-0.25, -0.2) is 23.7 Å². The van der Waals surface area contributed by atoms with Crippen LogP contribution in [0, 0.1) is 0 Å². The molecule has 0 saturated carbocycles. The van der Waals surface area contributed by atoms with E-state index in [-0.39, 0.29) is 46.4 Å². The third-order valence-electron chi connectivity index (χ3n) is 9.59. The number of aromatic nitrogens is 6. The van der Waals surface area contributed by atoms with E-state index in [0.29, 0.717) is 16.9 Å². The highest BCUT2D eigenvalue weighted by Gasteiger charge is 2.54. The Morgan fingerprint density at radius 2 is 1.96 bits per heavy atom. The van der Waals surface area contributed by atoms with E-state index >= 15 is 4.39 Å². The maximum Gasteiger partial charge on any atom is 0.473 e. The third-order valence-corrected chi connectivity index (χ3v) is 10.8. The van der Waals surface area contributed by atoms with Crippen molar-refractivity contribution in [3.63, 3.8) is 0 Å². The Balaban J connectivity index is 1.09. The number of esters is 2. The number of carbonyl (C=O) groups excluding carboxylic acids is 3. The third kappa shape index (κ3) is 6.26. The number of fused-ring (bicyclic) bond motifs is 6. The molecule has 4 aromatic heterocycles. The van der Waals surface area contributed by atoms with Crippen LogP contribution in [0.15, 0.2) is 47.5 Å². The van der Waals surface area contributed by atoms with Crippen LogP contribution in [0.25, 0.3) is 33.5 Å². The summed E-state index contributed by atoms with van der Waals surface area (Å²) in [6.45, 7) is 2.67. The molecule has 55 heavy (non-hydrogen) atoms. The molecule has 1 aromatic carbocycles. The normalized spacial score (nSPS) is 23.9. The maximum absolute atomic E-state index is 16.1. The SMILES string of the molecule is CC[C@@]1(OP(=O)(O)OC[C@H]2O[C@@H](n3cnc4c(NC(C)=O)nc(Cl)nc43)[C@H](F)[C@@H]2OC(C)=O)C(=O)OCc2c1cc1n(c2=O)Cc2cc3ccccc3nc2-1. The lowest BCUT2D eigenvalue weighted by molar-refractivity contribution is -0.171. The van der Waals surface area contributed by atoms with Gasteiger partial charge in [0.2, 0.25) is 16.8 Å². The molecule has 2 N–H and O–H groups in total. The largest absolute Gasteiger partial charge is 0.473 e. The topological polar surface area (TPSA) is 225 Å². The summed E-state index contributed by atoms with van der Waals surface area (Å²) in [7, 11) is -5.31. The van der Waals surface area contributed by atoms with E-state index in [0.717, 1.165) is 28.8 Å². The molecular weight excluding hydrogens is 768 g/mol. The Morgan fingerprint density at radius 3 is 2.71 bits per heavy atom. The second-order valence-corrected chi connectivity index (χ2v) is 14.8. The fraction of sp³-hybridized carbons (Fsp3) is 0.353. The first-order valence-electron chi connectivity index (χ1n) is 16.9. The van der Waals surface area contributed by atoms with Gasteiger partial charge in [0, 0.05) is 30.4 Å². The minimum atomic E-state index is -5.31. The monoisotopic (exact) mass is 797 g/mol. The average Bonchev–Trinajstić information content (AvgIpc) is 3.80. The molecule has 6 atom stereocenters. The van der Waals surface area contributed by atoms with Crippen LogP contribution in [-0.2, 0) is 61.0 Å². The summed E-state index contributed by atoms with van der Waals surface area (Å²) in [6, 6.07) is 10.9. The second kappa shape index (κ2) is 13.5. The Morgan fingerprint density at radius 1 is 1.18 bits per heavy atom. The number of rotatable bonds is 9. The number of nitrogens with zero attached hydrogens (tertiary/aromatic N) is 6. The molecule has 3 aliphatic rings. The molecule has 0 radical (unpaired) electrons. The lowest BCUT2D eigenvalue weighted by Crippen LogP contribution is -2.46. The zero-order valence-corrected chi connectivity index (χ0v) is 30.7. The Bertz CT molecular complexity index is 2570. The van der Waals surface area contributed by atoms with Gasteiger partial charge in [-0.15, -0.1) is 0 Å². The Hall–Kier alpha value is -5.17. The molecule has 0 spiro atoms. The number of nitrogens with one attached hydrogen (secondary N) is 1. The highest BCUT2D eigenvalue weighted by molar-refractivity contribution is 7.47. The molecule has 8 rings (SSSR count). The first-order chi connectivity index (χ1) is 26.2. The standard InChI is InChI=1S/C34H30ClFN7O11P/c1-4-34(20-10-22-25-18(9-17-7-5-6-8-21(17)39-25)11-42(22)30(46)19(20)12-50-32(34)47)54-55(48,49)51-13-23-27(52-16(3)45)24(36)31(53-23)43-14-37-26-28(38-15(2)44)40-33(35)41-29(26)43/h5-10,14,23-24,27,31H,4,11-13H2,1-3H3,(H,48,49)(H,38,40,41,44)/t23-,24-,27-,31-,34+/m1/s1. The molecule has 0 bridgehead atoms. The van der Waals surface area contributed by atoms with Crippen molar-refractivity contribution >= 4 is 65.2 Å². The smallest absolute Gasteiger partial charge is 0.458 e. The van der Waals surface area contributed by atoms with Gasteiger partial charge in [-0.2, -0.15) is 9.97 Å². The van der Waals surface area contributed by atoms with Crippen molar-refractivity contribution in [3.05, 3.63) is 75.1 Å². The molecule has 286 valence electrons. The predicted octanol–water partition coefficient (Wildman–Crippen LogP) is 3.84. The van der Waals surface area contributed by atoms with Gasteiger partial charge in [0.25, 0.3) is 5.56 Å². The van der Waals surface area contributed by atoms with Crippen molar-refractivity contribution in [3.8, 4) is 11.4 Å². The number of carbonyl (C=O) groups is 3. The van der Waals surface area contributed by atoms with Crippen LogP contribution in [0.1, 0.15) is 50.1 Å². The first-order valence-corrected chi connectivity index (χ1v) is 18.7. The van der Waals surface area contributed by atoms with Crippen molar-refractivity contribution in [2.45, 2.75) is 70.6 Å². The van der Waals surface area contributed by atoms with Gasteiger partial charge in [0.05, 0.1) is 41.9 Å². The van der Waals surface area contributed by atoms with Gasteiger partial charge in [0.15, 0.2) is 35.5 Å². The molecule has 0 aliphatic carbocycles. The number of benzene rings is 1. The number of hydrogen-bond acceptors (Lipinski definition) is 14. The molecule has 1 amide bonds. The molecule has 1 saturated heterocycles. The fourth-order valence-corrected chi connectivity index (χ4v) is 8.42. The maximum atomic E-state index is 16.1. The minimum absolute atomic E-state index is 0.00763. The number of anilines is 1. The minimum Gasteiger partial charge on any atom is -0.458 e. The van der Waals surface area contributed by atoms with E-state index < -0.39 is 74.7 Å². The molecule has 1 fully saturated rings. The predicted molar refractivity (Wildman–Crippen MR) is 188 cm³/mol. The Labute approximate surface area is 314 Å². The summed E-state index contributed by atoms with van der Waals surface area (Å²) in [5, 5.41) is 3.02. The first kappa shape index (κ1) is 36.8. The van der Waals surface area contributed by atoms with Gasteiger partial charge < -0.3 is 29.0 Å². The van der Waals surface area contributed by atoms with Crippen LogP contribution in [0.3, 0.4) is 0 Å². The number of halogens is 2. The summed E-state index contributed by atoms with van der Waals surface area (Å²) in [5.41, 5.74) is -0.433. The van der Waals surface area contributed by atoms with Gasteiger partial charge in [-0.1, -0.05) is 25.1 Å². The van der Waals surface area contributed by atoms with Crippen LogP contribution in [0.2, 0.25) is 5.28 Å². The number of amides is 1. The summed E-state index contributed by atoms with van der Waals surface area (Å²) in [5.74, 6) is -2.48. The van der Waals surface area contributed by atoms with Gasteiger partial charge in [-0.3, -0.25) is 28.0 Å². The summed E-state index contributed by atoms with van der Waals surface area (Å²) >= 11 is 6.06. The molecule has 1 unspecified atom stereocenters. The Kier molecular flexibility index (Phi) is 9.06. The van der Waals surface area contributed by atoms with E-state index in [1.165, 1.54) is 24.5 Å². The number of cyclic esters (lactones) is 1. The molecule has 3 aliphatic heterocycles. The summed E-state index contributed by atoms with van der Waals surface area (Å²) in [4.78, 5) is 79.3. The highest BCUT2D eigenvalue weighted by atomic mass is 35.5. The lowest BCUT2D eigenvalue weighted by Gasteiger charge is -2.36. The fourth-order valence-electron chi connectivity index (χ4n) is 7.17. The lowest BCUT2D eigenvalue weighted by atomic mass is 9.86. The van der Waals surface area contributed by atoms with E-state index in [1.807, 2.05) is 30.3 Å². The van der Waals surface area contributed by atoms with Crippen molar-refractivity contribution in [2.24, 2.45) is 0 Å². The molecule has 5 aromatic rings.